The minimum Gasteiger partial charge on any atom is -0.482 e. The largest absolute Gasteiger partial charge is 0.482 e. The molecule has 2 aromatic rings. The molecule has 0 aliphatic rings. The maximum Gasteiger partial charge on any atom is 0.277 e. The van der Waals surface area contributed by atoms with Crippen molar-refractivity contribution in [2.24, 2.45) is 5.10 Å². The van der Waals surface area contributed by atoms with Crippen LogP contribution in [0.5, 0.6) is 5.75 Å². The molecule has 0 bridgehead atoms. The average molecular weight is 440 g/mol. The van der Waals surface area contributed by atoms with Gasteiger partial charge in [-0.15, -0.1) is 0 Å². The fourth-order valence-electron chi connectivity index (χ4n) is 1.92. The summed E-state index contributed by atoms with van der Waals surface area (Å²) >= 11 is 6.83. The molecule has 2 rings (SSSR count). The molecule has 120 valence electrons. The molecule has 0 atom stereocenters. The number of nitrogens with one attached hydrogen (secondary N) is 1. The molecule has 0 aliphatic carbocycles. The van der Waals surface area contributed by atoms with Crippen molar-refractivity contribution in [1.82, 2.24) is 5.43 Å². The summed E-state index contributed by atoms with van der Waals surface area (Å²) < 4.78 is 7.29. The van der Waals surface area contributed by atoms with Gasteiger partial charge in [0.2, 0.25) is 0 Å². The summed E-state index contributed by atoms with van der Waals surface area (Å²) in [5.41, 5.74) is 4.53. The van der Waals surface area contributed by atoms with E-state index in [-0.39, 0.29) is 12.5 Å². The van der Waals surface area contributed by atoms with Crippen molar-refractivity contribution in [2.45, 2.75) is 13.3 Å². The van der Waals surface area contributed by atoms with Crippen LogP contribution in [0.1, 0.15) is 11.1 Å². The number of carbonyl (C=O) groups excluding carboxylic acids is 1. The third-order valence-electron chi connectivity index (χ3n) is 2.99. The lowest BCUT2D eigenvalue weighted by molar-refractivity contribution is -0.123. The first-order valence-corrected chi connectivity index (χ1v) is 8.57. The van der Waals surface area contributed by atoms with Crippen LogP contribution in [-0.4, -0.2) is 18.7 Å². The number of hydrogen-bond acceptors (Lipinski definition) is 3. The number of nitrogens with zero attached hydrogens (tertiary/aromatic N) is 1. The molecule has 0 aromatic heterocycles. The van der Waals surface area contributed by atoms with Crippen LogP contribution in [0, 0.1) is 6.92 Å². The first-order valence-electron chi connectivity index (χ1n) is 6.99. The van der Waals surface area contributed by atoms with Gasteiger partial charge in [-0.05, 0) is 46.1 Å². The second kappa shape index (κ2) is 8.84. The fraction of sp³-hybridized carbons (Fsp3) is 0.176. The number of rotatable bonds is 6. The second-order valence-electron chi connectivity index (χ2n) is 4.86. The van der Waals surface area contributed by atoms with Crippen molar-refractivity contribution in [3.05, 3.63) is 62.5 Å². The Labute approximate surface area is 152 Å². The van der Waals surface area contributed by atoms with E-state index in [1.165, 1.54) is 0 Å². The Morgan fingerprint density at radius 3 is 2.70 bits per heavy atom. The molecule has 1 N–H and O–H groups in total. The highest BCUT2D eigenvalue weighted by Crippen LogP contribution is 2.32. The number of aryl methyl sites for hydroxylation is 1. The molecule has 0 aliphatic heterocycles. The molecule has 1 amide bonds. The van der Waals surface area contributed by atoms with Crippen molar-refractivity contribution >= 4 is 44.0 Å². The monoisotopic (exact) mass is 438 g/mol. The lowest BCUT2D eigenvalue weighted by Gasteiger charge is -2.10. The summed E-state index contributed by atoms with van der Waals surface area (Å²) in [7, 11) is 0. The highest BCUT2D eigenvalue weighted by Gasteiger charge is 2.09. The van der Waals surface area contributed by atoms with E-state index in [9.17, 15) is 4.79 Å². The van der Waals surface area contributed by atoms with Crippen LogP contribution in [0.25, 0.3) is 0 Å². The van der Waals surface area contributed by atoms with E-state index in [1.54, 1.807) is 6.21 Å². The summed E-state index contributed by atoms with van der Waals surface area (Å²) in [6, 6.07) is 13.7. The topological polar surface area (TPSA) is 50.7 Å². The Hall–Kier alpha value is -1.66. The first kappa shape index (κ1) is 17.7. The maximum absolute atomic E-state index is 11.7. The summed E-state index contributed by atoms with van der Waals surface area (Å²) in [4.78, 5) is 11.7. The Morgan fingerprint density at radius 2 is 2.00 bits per heavy atom. The van der Waals surface area contributed by atoms with Crippen molar-refractivity contribution in [3.63, 3.8) is 0 Å². The second-order valence-corrected chi connectivity index (χ2v) is 6.63. The molecule has 4 nitrogen and oxygen atoms in total. The number of hydrogen-bond donors (Lipinski definition) is 1. The molecule has 0 heterocycles. The number of hydrazone groups is 1. The van der Waals surface area contributed by atoms with Gasteiger partial charge in [0, 0.05) is 17.1 Å². The zero-order valence-electron chi connectivity index (χ0n) is 12.6. The van der Waals surface area contributed by atoms with Gasteiger partial charge >= 0.3 is 0 Å². The predicted octanol–water partition coefficient (Wildman–Crippen LogP) is 4.24. The Morgan fingerprint density at radius 1 is 1.26 bits per heavy atom. The van der Waals surface area contributed by atoms with E-state index in [2.05, 4.69) is 42.4 Å². The number of halogens is 2. The lowest BCUT2D eigenvalue weighted by Crippen LogP contribution is -2.25. The summed E-state index contributed by atoms with van der Waals surface area (Å²) in [5.74, 6) is 0.347. The van der Waals surface area contributed by atoms with Crippen LogP contribution >= 0.6 is 31.9 Å². The van der Waals surface area contributed by atoms with Gasteiger partial charge in [0.15, 0.2) is 6.61 Å². The molecular formula is C17H16Br2N2O2. The number of carbonyl (C=O) groups is 1. The molecule has 6 heteroatoms. The summed E-state index contributed by atoms with van der Waals surface area (Å²) in [6.07, 6.45) is 2.33. The highest BCUT2D eigenvalue weighted by atomic mass is 79.9. The third kappa shape index (κ3) is 5.80. The maximum atomic E-state index is 11.7. The van der Waals surface area contributed by atoms with Crippen LogP contribution in [-0.2, 0) is 11.2 Å². The van der Waals surface area contributed by atoms with E-state index in [1.807, 2.05) is 49.4 Å². The van der Waals surface area contributed by atoms with Crippen LogP contribution in [0.2, 0.25) is 0 Å². The molecule has 0 fully saturated rings. The smallest absolute Gasteiger partial charge is 0.277 e. The SMILES string of the molecule is Cc1cc(Br)cc(Br)c1OCC(=O)NN=CCc1ccccc1. The Balaban J connectivity index is 1.79. The molecular weight excluding hydrogens is 424 g/mol. The van der Waals surface area contributed by atoms with E-state index in [4.69, 9.17) is 4.74 Å². The summed E-state index contributed by atoms with van der Waals surface area (Å²) in [5, 5.41) is 3.91. The van der Waals surface area contributed by atoms with Crippen LogP contribution < -0.4 is 10.2 Å². The van der Waals surface area contributed by atoms with Gasteiger partial charge in [-0.1, -0.05) is 46.3 Å². The molecule has 0 radical (unpaired) electrons. The number of benzene rings is 2. The lowest BCUT2D eigenvalue weighted by atomic mass is 10.2. The van der Waals surface area contributed by atoms with Crippen molar-refractivity contribution in [2.75, 3.05) is 6.61 Å². The van der Waals surface area contributed by atoms with E-state index in [0.717, 1.165) is 20.1 Å². The standard InChI is InChI=1S/C17H16Br2N2O2/c1-12-9-14(18)10-15(19)17(12)23-11-16(22)21-20-8-7-13-5-3-2-4-6-13/h2-6,8-10H,7,11H2,1H3,(H,21,22). The quantitative estimate of drug-likeness (QED) is 0.540. The molecule has 23 heavy (non-hydrogen) atoms. The van der Waals surface area contributed by atoms with Gasteiger partial charge in [0.25, 0.3) is 5.91 Å². The molecule has 0 saturated heterocycles. The third-order valence-corrected chi connectivity index (χ3v) is 4.04. The zero-order chi connectivity index (χ0) is 16.7. The van der Waals surface area contributed by atoms with Crippen molar-refractivity contribution in [1.29, 1.82) is 0 Å². The van der Waals surface area contributed by atoms with Gasteiger partial charge in [-0.2, -0.15) is 5.10 Å². The Bertz CT molecular complexity index is 680. The van der Waals surface area contributed by atoms with Gasteiger partial charge in [-0.25, -0.2) is 5.43 Å². The minimum absolute atomic E-state index is 0.0935. The van der Waals surface area contributed by atoms with Gasteiger partial charge in [-0.3, -0.25) is 4.79 Å². The minimum atomic E-state index is -0.302. The predicted molar refractivity (Wildman–Crippen MR) is 98.9 cm³/mol. The average Bonchev–Trinajstić information content (AvgIpc) is 2.51. The molecule has 0 spiro atoms. The number of ether oxygens (including phenoxy) is 1. The van der Waals surface area contributed by atoms with Crippen LogP contribution in [0.15, 0.2) is 56.5 Å². The molecule has 2 aromatic carbocycles. The Kier molecular flexibility index (Phi) is 6.80. The first-order chi connectivity index (χ1) is 11.1. The molecule has 0 saturated carbocycles. The van der Waals surface area contributed by atoms with E-state index in [0.29, 0.717) is 12.2 Å². The van der Waals surface area contributed by atoms with Crippen molar-refractivity contribution < 1.29 is 9.53 Å². The van der Waals surface area contributed by atoms with E-state index >= 15 is 0 Å². The molecule has 0 unspecified atom stereocenters. The highest BCUT2D eigenvalue weighted by molar-refractivity contribution is 9.11. The fourth-order valence-corrected chi connectivity index (χ4v) is 3.48. The van der Waals surface area contributed by atoms with Gasteiger partial charge in [0.1, 0.15) is 5.75 Å². The van der Waals surface area contributed by atoms with Gasteiger partial charge < -0.3 is 4.74 Å². The van der Waals surface area contributed by atoms with Crippen LogP contribution in [0.4, 0.5) is 0 Å². The van der Waals surface area contributed by atoms with Crippen LogP contribution in [0.3, 0.4) is 0 Å². The van der Waals surface area contributed by atoms with Crippen molar-refractivity contribution in [3.8, 4) is 5.75 Å². The number of amides is 1. The summed E-state index contributed by atoms with van der Waals surface area (Å²) in [6.45, 7) is 1.82. The van der Waals surface area contributed by atoms with Gasteiger partial charge in [0.05, 0.1) is 4.47 Å². The zero-order valence-corrected chi connectivity index (χ0v) is 15.7. The normalized spacial score (nSPS) is 10.7. The van der Waals surface area contributed by atoms with E-state index < -0.39 is 0 Å².